The van der Waals surface area contributed by atoms with Crippen LogP contribution >= 0.6 is 0 Å². The number of nitrogens with two attached hydrogens (primary N) is 1. The van der Waals surface area contributed by atoms with Crippen LogP contribution in [0.2, 0.25) is 0 Å². The van der Waals surface area contributed by atoms with Crippen molar-refractivity contribution in [2.24, 2.45) is 0 Å². The van der Waals surface area contributed by atoms with Gasteiger partial charge in [0, 0.05) is 18.8 Å². The fourth-order valence-corrected chi connectivity index (χ4v) is 2.93. The van der Waals surface area contributed by atoms with Crippen molar-refractivity contribution in [2.75, 3.05) is 24.2 Å². The number of hydrogen-bond donors (Lipinski definition) is 1. The predicted molar refractivity (Wildman–Crippen MR) is 79.4 cm³/mol. The maximum atomic E-state index is 12.5. The molecule has 0 heterocycles. The lowest BCUT2D eigenvalue weighted by Crippen LogP contribution is -2.26. The molecule has 5 nitrogen and oxygen atoms in total. The SMILES string of the molecule is COc1cccc(N(C)S(=O)(=O)c2ccc(N)cc2)c1. The van der Waals surface area contributed by atoms with E-state index in [0.717, 1.165) is 0 Å². The summed E-state index contributed by atoms with van der Waals surface area (Å²) >= 11 is 0. The van der Waals surface area contributed by atoms with E-state index in [1.807, 2.05) is 0 Å². The molecular weight excluding hydrogens is 276 g/mol. The molecule has 0 aromatic heterocycles. The molecule has 0 aliphatic rings. The number of nitrogens with zero attached hydrogens (tertiary/aromatic N) is 1. The summed E-state index contributed by atoms with van der Waals surface area (Å²) in [5, 5.41) is 0. The normalized spacial score (nSPS) is 11.1. The highest BCUT2D eigenvalue weighted by Gasteiger charge is 2.21. The van der Waals surface area contributed by atoms with E-state index in [1.165, 1.54) is 30.6 Å². The van der Waals surface area contributed by atoms with Crippen molar-refractivity contribution < 1.29 is 13.2 Å². The van der Waals surface area contributed by atoms with Gasteiger partial charge in [-0.2, -0.15) is 0 Å². The van der Waals surface area contributed by atoms with Gasteiger partial charge >= 0.3 is 0 Å². The van der Waals surface area contributed by atoms with Gasteiger partial charge in [0.05, 0.1) is 17.7 Å². The molecule has 0 spiro atoms. The van der Waals surface area contributed by atoms with E-state index in [9.17, 15) is 8.42 Å². The van der Waals surface area contributed by atoms with Gasteiger partial charge in [0.25, 0.3) is 10.0 Å². The van der Waals surface area contributed by atoms with E-state index >= 15 is 0 Å². The third-order valence-corrected chi connectivity index (χ3v) is 4.76. The minimum absolute atomic E-state index is 0.192. The maximum absolute atomic E-state index is 12.5. The number of methoxy groups -OCH3 is 1. The molecule has 0 saturated carbocycles. The van der Waals surface area contributed by atoms with Crippen molar-refractivity contribution in [2.45, 2.75) is 4.90 Å². The second-order valence-corrected chi connectivity index (χ2v) is 6.21. The molecule has 0 saturated heterocycles. The predicted octanol–water partition coefficient (Wildman–Crippen LogP) is 2.10. The molecule has 6 heteroatoms. The number of anilines is 2. The summed E-state index contributed by atoms with van der Waals surface area (Å²) in [4.78, 5) is 0.192. The highest BCUT2D eigenvalue weighted by atomic mass is 32.2. The van der Waals surface area contributed by atoms with Crippen LogP contribution in [0.4, 0.5) is 11.4 Å². The summed E-state index contributed by atoms with van der Waals surface area (Å²) < 4.78 is 31.3. The molecule has 0 aliphatic carbocycles. The van der Waals surface area contributed by atoms with Crippen molar-refractivity contribution in [1.29, 1.82) is 0 Å². The Hall–Kier alpha value is -2.21. The summed E-state index contributed by atoms with van der Waals surface area (Å²) in [5.74, 6) is 0.599. The monoisotopic (exact) mass is 292 g/mol. The second kappa shape index (κ2) is 5.42. The second-order valence-electron chi connectivity index (χ2n) is 4.24. The molecule has 0 unspecified atom stereocenters. The summed E-state index contributed by atoms with van der Waals surface area (Å²) in [6.07, 6.45) is 0. The van der Waals surface area contributed by atoms with E-state index in [1.54, 1.807) is 36.4 Å². The number of rotatable bonds is 4. The molecule has 0 fully saturated rings. The van der Waals surface area contributed by atoms with Gasteiger partial charge in [-0.15, -0.1) is 0 Å². The van der Waals surface area contributed by atoms with Crippen molar-refractivity contribution in [1.82, 2.24) is 0 Å². The van der Waals surface area contributed by atoms with E-state index < -0.39 is 10.0 Å². The van der Waals surface area contributed by atoms with Crippen LogP contribution in [0, 0.1) is 0 Å². The molecule has 106 valence electrons. The Labute approximate surface area is 118 Å². The van der Waals surface area contributed by atoms with Crippen LogP contribution in [0.3, 0.4) is 0 Å². The van der Waals surface area contributed by atoms with Gasteiger partial charge in [-0.1, -0.05) is 6.07 Å². The Bertz CT molecular complexity index is 697. The third kappa shape index (κ3) is 2.70. The average Bonchev–Trinajstić information content (AvgIpc) is 2.47. The topological polar surface area (TPSA) is 72.6 Å². The molecule has 2 aromatic carbocycles. The first-order valence-corrected chi connectivity index (χ1v) is 7.37. The van der Waals surface area contributed by atoms with Crippen LogP contribution in [0.1, 0.15) is 0 Å². The molecule has 20 heavy (non-hydrogen) atoms. The van der Waals surface area contributed by atoms with Crippen LogP contribution in [0.25, 0.3) is 0 Å². The maximum Gasteiger partial charge on any atom is 0.264 e. The lowest BCUT2D eigenvalue weighted by molar-refractivity contribution is 0.415. The lowest BCUT2D eigenvalue weighted by Gasteiger charge is -2.20. The number of ether oxygens (including phenoxy) is 1. The fraction of sp³-hybridized carbons (Fsp3) is 0.143. The van der Waals surface area contributed by atoms with Gasteiger partial charge < -0.3 is 10.5 Å². The summed E-state index contributed by atoms with van der Waals surface area (Å²) in [6, 6.07) is 13.0. The van der Waals surface area contributed by atoms with Crippen molar-refractivity contribution in [3.05, 3.63) is 48.5 Å². The lowest BCUT2D eigenvalue weighted by atomic mass is 10.3. The molecule has 0 aliphatic heterocycles. The molecule has 2 rings (SSSR count). The molecule has 2 N–H and O–H groups in total. The number of nitrogen functional groups attached to an aromatic ring is 1. The molecule has 0 atom stereocenters. The summed E-state index contributed by atoms with van der Waals surface area (Å²) in [6.45, 7) is 0. The largest absolute Gasteiger partial charge is 0.497 e. The first-order valence-electron chi connectivity index (χ1n) is 5.93. The van der Waals surface area contributed by atoms with Crippen LogP contribution < -0.4 is 14.8 Å². The highest BCUT2D eigenvalue weighted by Crippen LogP contribution is 2.25. The minimum atomic E-state index is -3.61. The van der Waals surface area contributed by atoms with Crippen LogP contribution in [0.15, 0.2) is 53.4 Å². The van der Waals surface area contributed by atoms with Crippen LogP contribution in [0.5, 0.6) is 5.75 Å². The molecule has 0 radical (unpaired) electrons. The standard InChI is InChI=1S/C14H16N2O3S/c1-16(12-4-3-5-13(10-12)19-2)20(17,18)14-8-6-11(15)7-9-14/h3-10H,15H2,1-2H3. The zero-order chi connectivity index (χ0) is 14.8. The summed E-state index contributed by atoms with van der Waals surface area (Å²) in [7, 11) is -0.576. The van der Waals surface area contributed by atoms with Crippen LogP contribution in [-0.4, -0.2) is 22.6 Å². The third-order valence-electron chi connectivity index (χ3n) is 2.96. The first kappa shape index (κ1) is 14.2. The fourth-order valence-electron chi connectivity index (χ4n) is 1.74. The Morgan fingerprint density at radius 2 is 1.75 bits per heavy atom. The van der Waals surface area contributed by atoms with E-state index in [4.69, 9.17) is 10.5 Å². The first-order chi connectivity index (χ1) is 9.45. The highest BCUT2D eigenvalue weighted by molar-refractivity contribution is 7.92. The molecule has 0 bridgehead atoms. The average molecular weight is 292 g/mol. The van der Waals surface area contributed by atoms with E-state index in [0.29, 0.717) is 17.1 Å². The van der Waals surface area contributed by atoms with Gasteiger partial charge in [0.15, 0.2) is 0 Å². The molecule has 2 aromatic rings. The van der Waals surface area contributed by atoms with Gasteiger partial charge in [-0.3, -0.25) is 4.31 Å². The zero-order valence-corrected chi connectivity index (χ0v) is 12.1. The van der Waals surface area contributed by atoms with Crippen molar-refractivity contribution in [3.8, 4) is 5.75 Å². The Balaban J connectivity index is 2.40. The van der Waals surface area contributed by atoms with Crippen LogP contribution in [-0.2, 0) is 10.0 Å². The van der Waals surface area contributed by atoms with E-state index in [2.05, 4.69) is 0 Å². The van der Waals surface area contributed by atoms with E-state index in [-0.39, 0.29) is 4.90 Å². The number of sulfonamides is 1. The van der Waals surface area contributed by atoms with Gasteiger partial charge in [0.2, 0.25) is 0 Å². The van der Waals surface area contributed by atoms with Gasteiger partial charge in [0.1, 0.15) is 5.75 Å². The Kier molecular flexibility index (Phi) is 3.85. The Morgan fingerprint density at radius 1 is 1.10 bits per heavy atom. The van der Waals surface area contributed by atoms with Crippen molar-refractivity contribution >= 4 is 21.4 Å². The van der Waals surface area contributed by atoms with Gasteiger partial charge in [-0.25, -0.2) is 8.42 Å². The zero-order valence-electron chi connectivity index (χ0n) is 11.3. The van der Waals surface area contributed by atoms with Crippen molar-refractivity contribution in [3.63, 3.8) is 0 Å². The van der Waals surface area contributed by atoms with Gasteiger partial charge in [-0.05, 0) is 36.4 Å². The molecule has 0 amide bonds. The number of hydrogen-bond acceptors (Lipinski definition) is 4. The number of benzene rings is 2. The summed E-state index contributed by atoms with van der Waals surface area (Å²) in [5.41, 5.74) is 6.62. The Morgan fingerprint density at radius 3 is 2.35 bits per heavy atom. The molecular formula is C14H16N2O3S. The quantitative estimate of drug-likeness (QED) is 0.876. The minimum Gasteiger partial charge on any atom is -0.497 e. The smallest absolute Gasteiger partial charge is 0.264 e.